The Morgan fingerprint density at radius 2 is 2.04 bits per heavy atom. The lowest BCUT2D eigenvalue weighted by molar-refractivity contribution is -0.141. The molecule has 2 rings (SSSR count). The van der Waals surface area contributed by atoms with Crippen LogP contribution in [0.5, 0.6) is 0 Å². The molecule has 1 atom stereocenters. The summed E-state index contributed by atoms with van der Waals surface area (Å²) in [4.78, 5) is 11.6. The van der Waals surface area contributed by atoms with Gasteiger partial charge in [0.05, 0.1) is 6.54 Å². The van der Waals surface area contributed by atoms with E-state index in [1.165, 1.54) is 11.3 Å². The molecule has 0 bridgehead atoms. The second-order valence-corrected chi connectivity index (χ2v) is 6.88. The number of nitrogens with one attached hydrogen (secondary N) is 3. The first-order valence-corrected chi connectivity index (χ1v) is 9.58. The van der Waals surface area contributed by atoms with Gasteiger partial charge in [-0.25, -0.2) is 15.0 Å². The molecule has 0 aliphatic rings. The lowest BCUT2D eigenvalue weighted by atomic mass is 10.00. The predicted octanol–water partition coefficient (Wildman–Crippen LogP) is 2.43. The quantitative estimate of drug-likeness (QED) is 0.300. The highest BCUT2D eigenvalue weighted by Crippen LogP contribution is 2.27. The molecule has 0 amide bonds. The third-order valence-corrected chi connectivity index (χ3v) is 4.36. The van der Waals surface area contributed by atoms with Crippen molar-refractivity contribution in [3.63, 3.8) is 0 Å². The number of halogens is 3. The molecule has 7 nitrogen and oxygen atoms in total. The van der Waals surface area contributed by atoms with Crippen molar-refractivity contribution in [3.05, 3.63) is 40.3 Å². The van der Waals surface area contributed by atoms with Gasteiger partial charge in [-0.3, -0.25) is 0 Å². The van der Waals surface area contributed by atoms with E-state index < -0.39 is 17.5 Å². The molecule has 1 unspecified atom stereocenters. The number of nitrogens with zero attached hydrogens (tertiary/aromatic N) is 3. The number of aliphatic imine (C=N–C) groups is 1. The molecule has 2 aromatic rings. The summed E-state index contributed by atoms with van der Waals surface area (Å²) in [5.41, 5.74) is -1.30. The summed E-state index contributed by atoms with van der Waals surface area (Å²) in [6.07, 6.45) is -3.45. The molecule has 0 fully saturated rings. The lowest BCUT2D eigenvalue weighted by Crippen LogP contribution is -2.40. The van der Waals surface area contributed by atoms with Gasteiger partial charge in [-0.2, -0.15) is 24.5 Å². The average molecular weight is 416 g/mol. The molecule has 0 spiro atoms. The molecule has 11 heteroatoms. The zero-order valence-electron chi connectivity index (χ0n) is 15.5. The van der Waals surface area contributed by atoms with Gasteiger partial charge in [-0.1, -0.05) is 0 Å². The summed E-state index contributed by atoms with van der Waals surface area (Å²) in [7, 11) is 0. The first-order chi connectivity index (χ1) is 13.2. The Morgan fingerprint density at radius 3 is 2.68 bits per heavy atom. The molecule has 2 heterocycles. The average Bonchev–Trinajstić information content (AvgIpc) is 3.18. The summed E-state index contributed by atoms with van der Waals surface area (Å²) >= 11 is 1.50. The Labute approximate surface area is 165 Å². The van der Waals surface area contributed by atoms with Crippen molar-refractivity contribution in [3.8, 4) is 0 Å². The van der Waals surface area contributed by atoms with Crippen molar-refractivity contribution in [2.75, 3.05) is 31.5 Å². The van der Waals surface area contributed by atoms with E-state index in [2.05, 4.69) is 30.9 Å². The number of hydrogen-bond acceptors (Lipinski definition) is 6. The molecular formula is C17H23F3N6OS. The smallest absolute Gasteiger partial charge is 0.383 e. The van der Waals surface area contributed by atoms with Gasteiger partial charge in [-0.15, -0.1) is 0 Å². The Hall–Kier alpha value is -2.40. The minimum atomic E-state index is -4.51. The summed E-state index contributed by atoms with van der Waals surface area (Å²) in [5.74, 6) is 0.392. The first kappa shape index (κ1) is 21.9. The number of hydrogen-bond donors (Lipinski definition) is 4. The van der Waals surface area contributed by atoms with Crippen molar-refractivity contribution in [1.82, 2.24) is 20.6 Å². The van der Waals surface area contributed by atoms with Gasteiger partial charge in [0.15, 0.2) is 5.96 Å². The highest BCUT2D eigenvalue weighted by molar-refractivity contribution is 7.08. The van der Waals surface area contributed by atoms with Crippen LogP contribution in [-0.2, 0) is 11.8 Å². The number of anilines is 1. The summed E-state index contributed by atoms with van der Waals surface area (Å²) in [5, 5.41) is 23.1. The molecule has 2 aromatic heterocycles. The van der Waals surface area contributed by atoms with E-state index in [9.17, 15) is 18.3 Å². The van der Waals surface area contributed by atoms with Crippen LogP contribution in [0.4, 0.5) is 19.1 Å². The van der Waals surface area contributed by atoms with Crippen LogP contribution in [0.1, 0.15) is 25.1 Å². The second kappa shape index (κ2) is 9.69. The fraction of sp³-hybridized carbons (Fsp3) is 0.471. The van der Waals surface area contributed by atoms with Crippen molar-refractivity contribution in [1.29, 1.82) is 0 Å². The van der Waals surface area contributed by atoms with Gasteiger partial charge < -0.3 is 21.1 Å². The van der Waals surface area contributed by atoms with Crippen LogP contribution in [0.15, 0.2) is 34.1 Å². The Morgan fingerprint density at radius 1 is 1.25 bits per heavy atom. The summed E-state index contributed by atoms with van der Waals surface area (Å²) < 4.78 is 38.0. The number of aromatic nitrogens is 2. The van der Waals surface area contributed by atoms with Crippen LogP contribution in [0.25, 0.3) is 0 Å². The van der Waals surface area contributed by atoms with E-state index in [-0.39, 0.29) is 19.0 Å². The number of guanidine groups is 1. The maximum absolute atomic E-state index is 12.7. The molecule has 0 aliphatic carbocycles. The summed E-state index contributed by atoms with van der Waals surface area (Å²) in [6.45, 7) is 5.02. The molecule has 0 saturated heterocycles. The molecule has 154 valence electrons. The maximum atomic E-state index is 12.7. The van der Waals surface area contributed by atoms with E-state index in [1.807, 2.05) is 23.8 Å². The standard InChI is InChI=1S/C17H23F3N6OS/c1-3-21-14(25-11-16(2,27)12-5-9-28-10-12)23-7-8-24-15-22-6-4-13(26-15)17(18,19)20/h4-6,9-10,27H,3,7-8,11H2,1-2H3,(H2,21,23,25)(H,22,24,26). The minimum absolute atomic E-state index is 0.0982. The Kier molecular flexibility index (Phi) is 7.58. The fourth-order valence-corrected chi connectivity index (χ4v) is 2.98. The zero-order chi connectivity index (χ0) is 20.6. The monoisotopic (exact) mass is 416 g/mol. The summed E-state index contributed by atoms with van der Waals surface area (Å²) in [6, 6.07) is 2.66. The van der Waals surface area contributed by atoms with Gasteiger partial charge in [0.1, 0.15) is 11.3 Å². The van der Waals surface area contributed by atoms with Crippen LogP contribution in [0, 0.1) is 0 Å². The molecule has 0 saturated carbocycles. The molecule has 0 radical (unpaired) electrons. The highest BCUT2D eigenvalue weighted by Gasteiger charge is 2.32. The van der Waals surface area contributed by atoms with Crippen molar-refractivity contribution < 1.29 is 18.3 Å². The molecule has 28 heavy (non-hydrogen) atoms. The third kappa shape index (κ3) is 6.64. The number of rotatable bonds is 8. The SMILES string of the molecule is CCNC(=NCC(C)(O)c1ccsc1)NCCNc1nccc(C(F)(F)F)n1. The van der Waals surface area contributed by atoms with Gasteiger partial charge >= 0.3 is 6.18 Å². The number of alkyl halides is 3. The van der Waals surface area contributed by atoms with Gasteiger partial charge in [0, 0.05) is 25.8 Å². The Bertz CT molecular complexity index is 765. The van der Waals surface area contributed by atoms with Gasteiger partial charge in [0.25, 0.3) is 0 Å². The van der Waals surface area contributed by atoms with E-state index >= 15 is 0 Å². The van der Waals surface area contributed by atoms with Gasteiger partial charge in [-0.05, 0) is 42.3 Å². The van der Waals surface area contributed by atoms with Crippen LogP contribution >= 0.6 is 11.3 Å². The lowest BCUT2D eigenvalue weighted by Gasteiger charge is -2.21. The number of aliphatic hydroxyl groups is 1. The predicted molar refractivity (Wildman–Crippen MR) is 103 cm³/mol. The maximum Gasteiger partial charge on any atom is 0.433 e. The molecule has 0 aliphatic heterocycles. The molecular weight excluding hydrogens is 393 g/mol. The first-order valence-electron chi connectivity index (χ1n) is 8.63. The second-order valence-electron chi connectivity index (χ2n) is 6.10. The molecule has 4 N–H and O–H groups in total. The Balaban J connectivity index is 1.86. The van der Waals surface area contributed by atoms with Crippen molar-refractivity contribution in [2.24, 2.45) is 4.99 Å². The van der Waals surface area contributed by atoms with Crippen LogP contribution in [0.3, 0.4) is 0 Å². The van der Waals surface area contributed by atoms with Gasteiger partial charge in [0.2, 0.25) is 5.95 Å². The highest BCUT2D eigenvalue weighted by atomic mass is 32.1. The topological polar surface area (TPSA) is 94.5 Å². The van der Waals surface area contributed by atoms with Crippen LogP contribution in [-0.4, -0.2) is 47.2 Å². The fourth-order valence-electron chi connectivity index (χ4n) is 2.19. The van der Waals surface area contributed by atoms with E-state index in [1.54, 1.807) is 6.92 Å². The van der Waals surface area contributed by atoms with Crippen LogP contribution in [0.2, 0.25) is 0 Å². The zero-order valence-corrected chi connectivity index (χ0v) is 16.4. The minimum Gasteiger partial charge on any atom is -0.383 e. The third-order valence-electron chi connectivity index (χ3n) is 3.68. The van der Waals surface area contributed by atoms with E-state index in [0.717, 1.165) is 17.8 Å². The van der Waals surface area contributed by atoms with Crippen molar-refractivity contribution in [2.45, 2.75) is 25.6 Å². The van der Waals surface area contributed by atoms with Crippen LogP contribution < -0.4 is 16.0 Å². The largest absolute Gasteiger partial charge is 0.433 e. The van der Waals surface area contributed by atoms with E-state index in [0.29, 0.717) is 19.0 Å². The van der Waals surface area contributed by atoms with Crippen molar-refractivity contribution >= 4 is 23.2 Å². The van der Waals surface area contributed by atoms with E-state index in [4.69, 9.17) is 0 Å². The molecule has 0 aromatic carbocycles. The normalized spacial score (nSPS) is 14.4. The number of thiophene rings is 1.